The third-order valence-electron chi connectivity index (χ3n) is 11.5. The van der Waals surface area contributed by atoms with Gasteiger partial charge in [0.1, 0.15) is 22.3 Å². The molecule has 3 heterocycles. The largest absolute Gasteiger partial charge is 0.456 e. The van der Waals surface area contributed by atoms with Gasteiger partial charge in [-0.15, -0.1) is 11.3 Å². The number of thiophene rings is 1. The molecule has 12 rings (SSSR count). The number of furan rings is 2. The van der Waals surface area contributed by atoms with Crippen molar-refractivity contribution in [2.24, 2.45) is 0 Å². The van der Waals surface area contributed by atoms with Crippen LogP contribution in [0, 0.1) is 0 Å². The Morgan fingerprint density at radius 1 is 0.328 bits per heavy atom. The van der Waals surface area contributed by atoms with E-state index in [9.17, 15) is 0 Å². The molecule has 0 fully saturated rings. The fourth-order valence-electron chi connectivity index (χ4n) is 8.67. The van der Waals surface area contributed by atoms with Gasteiger partial charge in [-0.1, -0.05) is 127 Å². The van der Waals surface area contributed by atoms with Crippen molar-refractivity contribution >= 4 is 92.4 Å². The molecular formula is C54H33NO2S. The standard InChI is InChI=1S/C54H33NO2S/c1-2-9-34(10-3-1)35-17-24-39(25-18-35)55(40-26-19-36(20-27-40)38-23-32-51-47(33-38)43-11-5-7-16-50(43)58-51)41-28-21-37(22-29-41)42-13-8-14-44-45-30-31-49-52(54(45)57-53(42)44)46-12-4-6-15-48(46)56-49/h1-33H. The van der Waals surface area contributed by atoms with Gasteiger partial charge in [0.2, 0.25) is 0 Å². The highest BCUT2D eigenvalue weighted by molar-refractivity contribution is 7.25. The van der Waals surface area contributed by atoms with E-state index in [1.165, 1.54) is 42.4 Å². The van der Waals surface area contributed by atoms with Crippen molar-refractivity contribution in [3.8, 4) is 33.4 Å². The minimum atomic E-state index is 0.834. The molecule has 0 atom stereocenters. The number of para-hydroxylation sites is 2. The Labute approximate surface area is 338 Å². The van der Waals surface area contributed by atoms with E-state index in [-0.39, 0.29) is 0 Å². The van der Waals surface area contributed by atoms with E-state index in [4.69, 9.17) is 8.83 Å². The lowest BCUT2D eigenvalue weighted by molar-refractivity contribution is 0.663. The summed E-state index contributed by atoms with van der Waals surface area (Å²) in [4.78, 5) is 2.33. The molecule has 272 valence electrons. The summed E-state index contributed by atoms with van der Waals surface area (Å²) in [5, 5.41) is 6.89. The Morgan fingerprint density at radius 2 is 0.897 bits per heavy atom. The molecule has 0 spiro atoms. The number of hydrogen-bond acceptors (Lipinski definition) is 4. The molecule has 3 aromatic heterocycles. The molecule has 0 amide bonds. The van der Waals surface area contributed by atoms with E-state index >= 15 is 0 Å². The van der Waals surface area contributed by atoms with E-state index in [0.29, 0.717) is 0 Å². The Hall–Kier alpha value is -7.40. The van der Waals surface area contributed by atoms with E-state index < -0.39 is 0 Å². The van der Waals surface area contributed by atoms with Crippen LogP contribution >= 0.6 is 11.3 Å². The van der Waals surface area contributed by atoms with Crippen LogP contribution in [-0.2, 0) is 0 Å². The zero-order chi connectivity index (χ0) is 38.2. The maximum absolute atomic E-state index is 6.80. The number of nitrogens with zero attached hydrogens (tertiary/aromatic N) is 1. The van der Waals surface area contributed by atoms with Gasteiger partial charge in [-0.3, -0.25) is 0 Å². The van der Waals surface area contributed by atoms with E-state index in [2.05, 4.69) is 187 Å². The molecule has 0 N–H and O–H groups in total. The lowest BCUT2D eigenvalue weighted by Crippen LogP contribution is -2.09. The molecule has 0 radical (unpaired) electrons. The predicted octanol–water partition coefficient (Wildman–Crippen LogP) is 16.3. The topological polar surface area (TPSA) is 29.5 Å². The molecule has 4 heteroatoms. The van der Waals surface area contributed by atoms with Crippen molar-refractivity contribution in [1.82, 2.24) is 0 Å². The number of benzene rings is 9. The van der Waals surface area contributed by atoms with Crippen LogP contribution in [0.5, 0.6) is 0 Å². The molecule has 0 aliphatic rings. The molecule has 0 unspecified atom stereocenters. The van der Waals surface area contributed by atoms with Crippen LogP contribution in [0.4, 0.5) is 17.1 Å². The zero-order valence-corrected chi connectivity index (χ0v) is 32.0. The highest BCUT2D eigenvalue weighted by atomic mass is 32.1. The third kappa shape index (κ3) is 5.27. The summed E-state index contributed by atoms with van der Waals surface area (Å²) in [6, 6.07) is 71.5. The van der Waals surface area contributed by atoms with E-state index in [1.54, 1.807) is 0 Å². The SMILES string of the molecule is c1ccc(-c2ccc(N(c3ccc(-c4ccc5sc6ccccc6c5c4)cc3)c3ccc(-c4cccc5c4oc4c5ccc5oc6ccccc6c54)cc3)cc2)cc1. The van der Waals surface area contributed by atoms with Gasteiger partial charge >= 0.3 is 0 Å². The average molecular weight is 760 g/mol. The number of fused-ring (bicyclic) bond motifs is 10. The number of anilines is 3. The van der Waals surface area contributed by atoms with Crippen molar-refractivity contribution in [2.75, 3.05) is 4.90 Å². The van der Waals surface area contributed by atoms with Crippen molar-refractivity contribution in [3.05, 3.63) is 200 Å². The summed E-state index contributed by atoms with van der Waals surface area (Å²) < 4.78 is 15.6. The van der Waals surface area contributed by atoms with Crippen molar-refractivity contribution in [1.29, 1.82) is 0 Å². The van der Waals surface area contributed by atoms with Crippen molar-refractivity contribution in [3.63, 3.8) is 0 Å². The Kier molecular flexibility index (Phi) is 7.40. The van der Waals surface area contributed by atoms with Gasteiger partial charge in [0.25, 0.3) is 0 Å². The molecular weight excluding hydrogens is 727 g/mol. The van der Waals surface area contributed by atoms with Gasteiger partial charge in [-0.25, -0.2) is 0 Å². The Bertz CT molecular complexity index is 3480. The minimum absolute atomic E-state index is 0.834. The van der Waals surface area contributed by atoms with Gasteiger partial charge < -0.3 is 13.7 Å². The lowest BCUT2D eigenvalue weighted by Gasteiger charge is -2.26. The van der Waals surface area contributed by atoms with Crippen LogP contribution in [0.25, 0.3) is 97.4 Å². The first-order chi connectivity index (χ1) is 28.7. The maximum atomic E-state index is 6.80. The summed E-state index contributed by atoms with van der Waals surface area (Å²) in [7, 11) is 0. The average Bonchev–Trinajstić information content (AvgIpc) is 3.99. The second kappa shape index (κ2) is 13.1. The Balaban J connectivity index is 0.943. The van der Waals surface area contributed by atoms with E-state index in [1.807, 2.05) is 29.5 Å². The third-order valence-corrected chi connectivity index (χ3v) is 12.7. The van der Waals surface area contributed by atoms with Gasteiger partial charge in [-0.2, -0.15) is 0 Å². The highest BCUT2D eigenvalue weighted by Gasteiger charge is 2.19. The lowest BCUT2D eigenvalue weighted by atomic mass is 10.0. The van der Waals surface area contributed by atoms with Gasteiger partial charge in [0.05, 0.1) is 5.39 Å². The van der Waals surface area contributed by atoms with E-state index in [0.717, 1.165) is 72.1 Å². The van der Waals surface area contributed by atoms with Crippen LogP contribution < -0.4 is 4.90 Å². The highest BCUT2D eigenvalue weighted by Crippen LogP contribution is 2.44. The first-order valence-corrected chi connectivity index (χ1v) is 20.4. The monoisotopic (exact) mass is 759 g/mol. The maximum Gasteiger partial charge on any atom is 0.147 e. The van der Waals surface area contributed by atoms with Crippen LogP contribution in [-0.4, -0.2) is 0 Å². The molecule has 0 aliphatic heterocycles. The summed E-state index contributed by atoms with van der Waals surface area (Å²) in [5.41, 5.74) is 13.6. The van der Waals surface area contributed by atoms with Crippen LogP contribution in [0.1, 0.15) is 0 Å². The zero-order valence-electron chi connectivity index (χ0n) is 31.2. The molecule has 58 heavy (non-hydrogen) atoms. The predicted molar refractivity (Wildman–Crippen MR) is 245 cm³/mol. The molecule has 0 aliphatic carbocycles. The quantitative estimate of drug-likeness (QED) is 0.169. The molecule has 0 saturated carbocycles. The minimum Gasteiger partial charge on any atom is -0.456 e. The Morgan fingerprint density at radius 3 is 1.66 bits per heavy atom. The molecule has 3 nitrogen and oxygen atoms in total. The summed E-state index contributed by atoms with van der Waals surface area (Å²) in [5.74, 6) is 0. The van der Waals surface area contributed by atoms with Crippen LogP contribution in [0.15, 0.2) is 209 Å². The number of hydrogen-bond donors (Lipinski definition) is 0. The fourth-order valence-corrected chi connectivity index (χ4v) is 9.76. The summed E-state index contributed by atoms with van der Waals surface area (Å²) in [6.07, 6.45) is 0. The molecule has 0 bridgehead atoms. The summed E-state index contributed by atoms with van der Waals surface area (Å²) in [6.45, 7) is 0. The second-order valence-electron chi connectivity index (χ2n) is 14.8. The fraction of sp³-hybridized carbons (Fsp3) is 0. The van der Waals surface area contributed by atoms with Gasteiger partial charge in [0.15, 0.2) is 0 Å². The first-order valence-electron chi connectivity index (χ1n) is 19.6. The molecule has 0 saturated heterocycles. The number of rotatable bonds is 6. The second-order valence-corrected chi connectivity index (χ2v) is 15.9. The first kappa shape index (κ1) is 32.8. The van der Waals surface area contributed by atoms with Gasteiger partial charge in [-0.05, 0) is 101 Å². The molecule has 12 aromatic rings. The van der Waals surface area contributed by atoms with Crippen molar-refractivity contribution < 1.29 is 8.83 Å². The van der Waals surface area contributed by atoms with Crippen LogP contribution in [0.2, 0.25) is 0 Å². The van der Waals surface area contributed by atoms with Gasteiger partial charge in [0, 0.05) is 59.0 Å². The van der Waals surface area contributed by atoms with Crippen LogP contribution in [0.3, 0.4) is 0 Å². The summed E-state index contributed by atoms with van der Waals surface area (Å²) >= 11 is 1.85. The smallest absolute Gasteiger partial charge is 0.147 e. The van der Waals surface area contributed by atoms with Crippen molar-refractivity contribution in [2.45, 2.75) is 0 Å². The normalized spacial score (nSPS) is 11.8. The molecule has 9 aromatic carbocycles.